The molecule has 0 rings (SSSR count). The maximum Gasteiger partial charge on any atom is 0.244 e. The van der Waals surface area contributed by atoms with Gasteiger partial charge in [0.15, 0.2) is 5.78 Å². The van der Waals surface area contributed by atoms with Crippen LogP contribution in [0, 0.1) is 11.8 Å². The van der Waals surface area contributed by atoms with E-state index in [2.05, 4.69) is 29.5 Å². The Bertz CT molecular complexity index is 537. The lowest BCUT2D eigenvalue weighted by Gasteiger charge is -2.29. The summed E-state index contributed by atoms with van der Waals surface area (Å²) in [6.07, 6.45) is 7.09. The van der Waals surface area contributed by atoms with E-state index in [1.807, 2.05) is 13.8 Å². The average Bonchev–Trinajstić information content (AvgIpc) is 2.55. The van der Waals surface area contributed by atoms with Crippen molar-refractivity contribution < 1.29 is 14.3 Å². The lowest BCUT2D eigenvalue weighted by Crippen LogP contribution is -2.36. The highest BCUT2D eigenvalue weighted by molar-refractivity contribution is 5.98. The van der Waals surface area contributed by atoms with E-state index in [-0.39, 0.29) is 23.2 Å². The number of rotatable bonds is 13. The molecule has 1 N–H and O–H groups in total. The van der Waals surface area contributed by atoms with Gasteiger partial charge in [0.05, 0.1) is 19.2 Å². The average molecular weight is 381 g/mol. The van der Waals surface area contributed by atoms with Crippen LogP contribution in [0.2, 0.25) is 0 Å². The molecule has 0 aromatic rings. The Labute approximate surface area is 163 Å². The zero-order chi connectivity index (χ0) is 20.9. The molecule has 0 fully saturated rings. The first-order valence-electron chi connectivity index (χ1n) is 9.44. The monoisotopic (exact) mass is 380 g/mol. The van der Waals surface area contributed by atoms with Crippen molar-refractivity contribution in [1.29, 1.82) is 0 Å². The molecule has 0 saturated carbocycles. The Kier molecular flexibility index (Phi) is 12.2. The lowest BCUT2D eigenvalue weighted by atomic mass is 10.1. The highest BCUT2D eigenvalue weighted by atomic mass is 16.5. The Balaban J connectivity index is 4.48. The third-order valence-electron chi connectivity index (χ3n) is 3.57. The quantitative estimate of drug-likeness (QED) is 0.301. The van der Waals surface area contributed by atoms with Crippen LogP contribution in [0.15, 0.2) is 34.8 Å². The van der Waals surface area contributed by atoms with Crippen LogP contribution in [0.1, 0.15) is 48.0 Å². The topological polar surface area (TPSA) is 83.4 Å². The number of ketones is 1. The van der Waals surface area contributed by atoms with Gasteiger partial charge in [-0.05, 0) is 38.3 Å². The van der Waals surface area contributed by atoms with Crippen molar-refractivity contribution in [3.8, 4) is 0 Å². The van der Waals surface area contributed by atoms with Crippen LogP contribution in [-0.4, -0.2) is 49.0 Å². The molecule has 0 saturated heterocycles. The molecule has 0 heterocycles. The van der Waals surface area contributed by atoms with E-state index in [1.165, 1.54) is 12.2 Å². The van der Waals surface area contributed by atoms with Crippen molar-refractivity contribution in [3.05, 3.63) is 24.4 Å². The molecule has 0 unspecified atom stereocenters. The number of hydrogen-bond donors (Lipinski definition) is 1. The molecular weight excluding hydrogens is 344 g/mol. The summed E-state index contributed by atoms with van der Waals surface area (Å²) in [5.74, 6) is 0.0956. The van der Waals surface area contributed by atoms with Gasteiger partial charge in [-0.2, -0.15) is 5.11 Å². The van der Waals surface area contributed by atoms with Gasteiger partial charge in [-0.3, -0.25) is 14.6 Å². The number of carbonyl (C=O) groups is 2. The summed E-state index contributed by atoms with van der Waals surface area (Å²) in [7, 11) is 1.60. The van der Waals surface area contributed by atoms with Gasteiger partial charge in [0.2, 0.25) is 5.91 Å². The Hall–Kier alpha value is -2.02. The second-order valence-corrected chi connectivity index (χ2v) is 7.70. The summed E-state index contributed by atoms with van der Waals surface area (Å²) in [6, 6.07) is 0. The third-order valence-corrected chi connectivity index (χ3v) is 3.57. The maximum absolute atomic E-state index is 11.7. The number of amides is 1. The van der Waals surface area contributed by atoms with E-state index in [4.69, 9.17) is 4.74 Å². The summed E-state index contributed by atoms with van der Waals surface area (Å²) < 4.78 is 5.95. The van der Waals surface area contributed by atoms with E-state index in [0.717, 1.165) is 6.42 Å². The zero-order valence-corrected chi connectivity index (χ0v) is 17.9. The van der Waals surface area contributed by atoms with Gasteiger partial charge in [0, 0.05) is 31.3 Å². The van der Waals surface area contributed by atoms with E-state index in [1.54, 1.807) is 38.2 Å². The van der Waals surface area contributed by atoms with Gasteiger partial charge in [-0.15, -0.1) is 0 Å². The lowest BCUT2D eigenvalue weighted by molar-refractivity contribution is -0.119. The number of carbonyl (C=O) groups excluding carboxylic acids is 2. The molecular formula is C20H36N4O3. The van der Waals surface area contributed by atoms with Gasteiger partial charge >= 0.3 is 0 Å². The highest BCUT2D eigenvalue weighted by Crippen LogP contribution is 2.14. The first kappa shape index (κ1) is 25.0. The number of nitrogens with zero attached hydrogens (tertiary/aromatic N) is 3. The Morgan fingerprint density at radius 1 is 1.19 bits per heavy atom. The molecule has 27 heavy (non-hydrogen) atoms. The maximum atomic E-state index is 11.7. The number of hydrogen-bond acceptors (Lipinski definition) is 5. The number of allylic oxidation sites excluding steroid dienone is 1. The number of ether oxygens (including phenoxy) is 1. The van der Waals surface area contributed by atoms with Gasteiger partial charge in [-0.25, -0.2) is 0 Å². The largest absolute Gasteiger partial charge is 0.374 e. The molecule has 0 atom stereocenters. The molecule has 0 aromatic carbocycles. The van der Waals surface area contributed by atoms with E-state index >= 15 is 0 Å². The summed E-state index contributed by atoms with van der Waals surface area (Å²) in [4.78, 5) is 23.1. The Morgan fingerprint density at radius 2 is 1.85 bits per heavy atom. The highest BCUT2D eigenvalue weighted by Gasteiger charge is 2.21. The molecule has 154 valence electrons. The summed E-state index contributed by atoms with van der Waals surface area (Å²) in [6.45, 7) is 13.5. The van der Waals surface area contributed by atoms with Crippen LogP contribution < -0.4 is 5.32 Å². The summed E-state index contributed by atoms with van der Waals surface area (Å²) >= 11 is 0. The summed E-state index contributed by atoms with van der Waals surface area (Å²) in [5.41, 5.74) is -0.378. The minimum absolute atomic E-state index is 0.0741. The SMILES string of the molecule is CN=NN(C=CCNC(=O)/C=C/C(=O)C(C)C)CC(C)(C)OCCC(C)C. The first-order valence-corrected chi connectivity index (χ1v) is 9.44. The molecule has 7 heteroatoms. The molecule has 7 nitrogen and oxygen atoms in total. The molecule has 1 amide bonds. The van der Waals surface area contributed by atoms with Gasteiger partial charge in [0.1, 0.15) is 0 Å². The van der Waals surface area contributed by atoms with Gasteiger partial charge < -0.3 is 10.1 Å². The van der Waals surface area contributed by atoms with Crippen LogP contribution in [0.5, 0.6) is 0 Å². The molecule has 0 aliphatic heterocycles. The second-order valence-electron chi connectivity index (χ2n) is 7.70. The predicted octanol–water partition coefficient (Wildman–Crippen LogP) is 3.54. The number of nitrogens with one attached hydrogen (secondary N) is 1. The van der Waals surface area contributed by atoms with Crippen molar-refractivity contribution in [3.63, 3.8) is 0 Å². The van der Waals surface area contributed by atoms with Gasteiger partial charge in [-0.1, -0.05) is 32.9 Å². The zero-order valence-electron chi connectivity index (χ0n) is 17.9. The first-order chi connectivity index (χ1) is 12.6. The molecule has 0 spiro atoms. The van der Waals surface area contributed by atoms with E-state index < -0.39 is 0 Å². The molecule has 0 aliphatic rings. The van der Waals surface area contributed by atoms with Crippen molar-refractivity contribution in [2.24, 2.45) is 22.2 Å². The smallest absolute Gasteiger partial charge is 0.244 e. The fourth-order valence-corrected chi connectivity index (χ4v) is 1.98. The van der Waals surface area contributed by atoms with Crippen LogP contribution in [0.25, 0.3) is 0 Å². The minimum Gasteiger partial charge on any atom is -0.374 e. The fourth-order valence-electron chi connectivity index (χ4n) is 1.98. The standard InChI is InChI=1S/C20H36N4O3/c1-16(2)11-14-27-20(5,6)15-24(23-21-7)13-8-12-22-19(26)10-9-18(25)17(3)4/h8-10,13,16-17H,11-12,14-15H2,1-7H3,(H,22,26)/b10-9+,13-8?,23-21?. The Morgan fingerprint density at radius 3 is 2.41 bits per heavy atom. The summed E-state index contributed by atoms with van der Waals surface area (Å²) in [5, 5.41) is 12.3. The van der Waals surface area contributed by atoms with Crippen molar-refractivity contribution in [1.82, 2.24) is 10.3 Å². The normalized spacial score (nSPS) is 12.8. The van der Waals surface area contributed by atoms with Crippen molar-refractivity contribution in [2.75, 3.05) is 26.7 Å². The van der Waals surface area contributed by atoms with Crippen LogP contribution >= 0.6 is 0 Å². The third kappa shape index (κ3) is 13.8. The van der Waals surface area contributed by atoms with E-state index in [0.29, 0.717) is 25.6 Å². The van der Waals surface area contributed by atoms with Crippen LogP contribution in [-0.2, 0) is 14.3 Å². The van der Waals surface area contributed by atoms with Gasteiger partial charge in [0.25, 0.3) is 0 Å². The fraction of sp³-hybridized carbons (Fsp3) is 0.700. The minimum atomic E-state index is -0.378. The molecule has 0 aliphatic carbocycles. The van der Waals surface area contributed by atoms with E-state index in [9.17, 15) is 9.59 Å². The second kappa shape index (κ2) is 13.2. The molecule has 0 aromatic heterocycles. The van der Waals surface area contributed by atoms with Crippen LogP contribution in [0.4, 0.5) is 0 Å². The predicted molar refractivity (Wildman–Crippen MR) is 108 cm³/mol. The van der Waals surface area contributed by atoms with Crippen molar-refractivity contribution in [2.45, 2.75) is 53.6 Å². The van der Waals surface area contributed by atoms with Crippen molar-refractivity contribution >= 4 is 11.7 Å². The van der Waals surface area contributed by atoms with Crippen LogP contribution in [0.3, 0.4) is 0 Å². The molecule has 0 bridgehead atoms. The molecule has 0 radical (unpaired) electrons.